The number of benzene rings is 1. The van der Waals surface area contributed by atoms with Crippen molar-refractivity contribution in [2.45, 2.75) is 39.0 Å². The number of aryl methyl sites for hydroxylation is 1. The van der Waals surface area contributed by atoms with Gasteiger partial charge in [-0.3, -0.25) is 0 Å². The van der Waals surface area contributed by atoms with Crippen LogP contribution in [0.1, 0.15) is 37.3 Å². The molecule has 104 valence electrons. The van der Waals surface area contributed by atoms with E-state index in [0.29, 0.717) is 5.41 Å². The van der Waals surface area contributed by atoms with Crippen LogP contribution in [0.4, 0.5) is 0 Å². The third kappa shape index (κ3) is 2.51. The fourth-order valence-electron chi connectivity index (χ4n) is 3.69. The second-order valence-corrected chi connectivity index (χ2v) is 6.28. The Morgan fingerprint density at radius 1 is 1.37 bits per heavy atom. The zero-order valence-corrected chi connectivity index (χ0v) is 12.2. The first kappa shape index (κ1) is 13.0. The lowest BCUT2D eigenvalue weighted by molar-refractivity contribution is 0.379. The minimum Gasteiger partial charge on any atom is -0.497 e. The van der Waals surface area contributed by atoms with E-state index in [9.17, 15) is 0 Å². The molecule has 0 radical (unpaired) electrons. The van der Waals surface area contributed by atoms with Crippen LogP contribution in [0.3, 0.4) is 0 Å². The van der Waals surface area contributed by atoms with Crippen LogP contribution in [-0.2, 0) is 12.8 Å². The SMILES string of the molecule is CCCNCC1CC12CCc1ccc(OC)cc1C2. The Balaban J connectivity index is 1.66. The van der Waals surface area contributed by atoms with E-state index >= 15 is 0 Å². The van der Waals surface area contributed by atoms with E-state index in [4.69, 9.17) is 4.74 Å². The van der Waals surface area contributed by atoms with Crippen molar-refractivity contribution >= 4 is 0 Å². The van der Waals surface area contributed by atoms with Crippen LogP contribution < -0.4 is 10.1 Å². The molecule has 0 saturated heterocycles. The van der Waals surface area contributed by atoms with E-state index in [-0.39, 0.29) is 0 Å². The molecule has 1 N–H and O–H groups in total. The summed E-state index contributed by atoms with van der Waals surface area (Å²) in [6, 6.07) is 6.61. The van der Waals surface area contributed by atoms with Crippen molar-refractivity contribution in [1.82, 2.24) is 5.32 Å². The second kappa shape index (κ2) is 5.16. The number of fused-ring (bicyclic) bond motifs is 1. The maximum atomic E-state index is 5.36. The molecule has 1 aromatic rings. The third-order valence-electron chi connectivity index (χ3n) is 5.02. The molecule has 2 unspecified atom stereocenters. The van der Waals surface area contributed by atoms with Crippen molar-refractivity contribution in [3.8, 4) is 5.75 Å². The van der Waals surface area contributed by atoms with Crippen LogP contribution in [0.15, 0.2) is 18.2 Å². The Morgan fingerprint density at radius 2 is 2.26 bits per heavy atom. The number of hydrogen-bond donors (Lipinski definition) is 1. The predicted octanol–water partition coefficient (Wildman–Crippen LogP) is 3.19. The Kier molecular flexibility index (Phi) is 3.53. The smallest absolute Gasteiger partial charge is 0.119 e. The highest BCUT2D eigenvalue weighted by Crippen LogP contribution is 2.59. The molecule has 2 heteroatoms. The molecule has 2 aliphatic rings. The highest BCUT2D eigenvalue weighted by atomic mass is 16.5. The monoisotopic (exact) mass is 259 g/mol. The van der Waals surface area contributed by atoms with E-state index in [1.807, 2.05) is 0 Å². The molecule has 2 nitrogen and oxygen atoms in total. The first-order valence-corrected chi connectivity index (χ1v) is 7.64. The highest BCUT2D eigenvalue weighted by molar-refractivity contribution is 5.39. The van der Waals surface area contributed by atoms with Crippen molar-refractivity contribution in [2.75, 3.05) is 20.2 Å². The summed E-state index contributed by atoms with van der Waals surface area (Å²) in [4.78, 5) is 0. The largest absolute Gasteiger partial charge is 0.497 e. The van der Waals surface area contributed by atoms with Gasteiger partial charge in [-0.05, 0) is 79.8 Å². The van der Waals surface area contributed by atoms with Crippen LogP contribution in [0, 0.1) is 11.3 Å². The quantitative estimate of drug-likeness (QED) is 0.820. The summed E-state index contributed by atoms with van der Waals surface area (Å²) >= 11 is 0. The lowest BCUT2D eigenvalue weighted by Crippen LogP contribution is -2.24. The minimum atomic E-state index is 0.611. The molecule has 0 amide bonds. The van der Waals surface area contributed by atoms with Gasteiger partial charge in [-0.15, -0.1) is 0 Å². The molecule has 1 fully saturated rings. The van der Waals surface area contributed by atoms with Gasteiger partial charge in [0.05, 0.1) is 7.11 Å². The predicted molar refractivity (Wildman–Crippen MR) is 78.7 cm³/mol. The topological polar surface area (TPSA) is 21.3 Å². The molecule has 1 aromatic carbocycles. The second-order valence-electron chi connectivity index (χ2n) is 6.28. The van der Waals surface area contributed by atoms with E-state index in [1.54, 1.807) is 12.7 Å². The molecule has 3 rings (SSSR count). The van der Waals surface area contributed by atoms with Gasteiger partial charge in [-0.1, -0.05) is 13.0 Å². The maximum Gasteiger partial charge on any atom is 0.119 e. The van der Waals surface area contributed by atoms with Gasteiger partial charge in [-0.2, -0.15) is 0 Å². The standard InChI is InChI=1S/C17H25NO/c1-3-8-18-12-15-11-17(15)7-6-13-4-5-16(19-2)9-14(13)10-17/h4-5,9,15,18H,3,6-8,10-12H2,1-2H3. The van der Waals surface area contributed by atoms with Crippen LogP contribution in [0.25, 0.3) is 0 Å². The molecule has 1 spiro atoms. The van der Waals surface area contributed by atoms with Gasteiger partial charge in [0.2, 0.25) is 0 Å². The number of nitrogens with one attached hydrogen (secondary N) is 1. The van der Waals surface area contributed by atoms with Crippen LogP contribution in [0.2, 0.25) is 0 Å². The maximum absolute atomic E-state index is 5.36. The minimum absolute atomic E-state index is 0.611. The fourth-order valence-corrected chi connectivity index (χ4v) is 3.69. The number of ether oxygens (including phenoxy) is 1. The molecule has 0 aliphatic heterocycles. The summed E-state index contributed by atoms with van der Waals surface area (Å²) in [5.41, 5.74) is 3.68. The molecular formula is C17H25NO. The zero-order valence-electron chi connectivity index (χ0n) is 12.2. The van der Waals surface area contributed by atoms with Crippen molar-refractivity contribution in [1.29, 1.82) is 0 Å². The Morgan fingerprint density at radius 3 is 3.05 bits per heavy atom. The van der Waals surface area contributed by atoms with Gasteiger partial charge in [0.1, 0.15) is 5.75 Å². The Bertz CT molecular complexity index is 457. The van der Waals surface area contributed by atoms with Crippen LogP contribution >= 0.6 is 0 Å². The van der Waals surface area contributed by atoms with Gasteiger partial charge < -0.3 is 10.1 Å². The Labute approximate surface area is 116 Å². The molecule has 0 aromatic heterocycles. The summed E-state index contributed by atoms with van der Waals surface area (Å²) < 4.78 is 5.36. The van der Waals surface area contributed by atoms with E-state index in [0.717, 1.165) is 18.2 Å². The average molecular weight is 259 g/mol. The molecular weight excluding hydrogens is 234 g/mol. The van der Waals surface area contributed by atoms with Crippen LogP contribution in [-0.4, -0.2) is 20.2 Å². The van der Waals surface area contributed by atoms with Gasteiger partial charge in [0, 0.05) is 0 Å². The summed E-state index contributed by atoms with van der Waals surface area (Å²) in [5.74, 6) is 1.91. The molecule has 2 aliphatic carbocycles. The van der Waals surface area contributed by atoms with E-state index in [1.165, 1.54) is 44.2 Å². The van der Waals surface area contributed by atoms with Crippen molar-refractivity contribution in [3.63, 3.8) is 0 Å². The normalized spacial score (nSPS) is 28.2. The highest BCUT2D eigenvalue weighted by Gasteiger charge is 2.54. The molecule has 2 atom stereocenters. The van der Waals surface area contributed by atoms with Gasteiger partial charge >= 0.3 is 0 Å². The molecule has 19 heavy (non-hydrogen) atoms. The fraction of sp³-hybridized carbons (Fsp3) is 0.647. The van der Waals surface area contributed by atoms with Crippen molar-refractivity contribution < 1.29 is 4.74 Å². The van der Waals surface area contributed by atoms with Crippen molar-refractivity contribution in [2.24, 2.45) is 11.3 Å². The summed E-state index contributed by atoms with van der Waals surface area (Å²) in [7, 11) is 1.76. The Hall–Kier alpha value is -1.02. The average Bonchev–Trinajstić information content (AvgIpc) is 3.10. The lowest BCUT2D eigenvalue weighted by Gasteiger charge is -2.26. The van der Waals surface area contributed by atoms with Crippen LogP contribution in [0.5, 0.6) is 5.75 Å². The van der Waals surface area contributed by atoms with Gasteiger partial charge in [0.15, 0.2) is 0 Å². The third-order valence-corrected chi connectivity index (χ3v) is 5.02. The first-order chi connectivity index (χ1) is 9.27. The first-order valence-electron chi connectivity index (χ1n) is 7.64. The van der Waals surface area contributed by atoms with E-state index < -0.39 is 0 Å². The molecule has 1 saturated carbocycles. The van der Waals surface area contributed by atoms with Gasteiger partial charge in [-0.25, -0.2) is 0 Å². The number of methoxy groups -OCH3 is 1. The lowest BCUT2D eigenvalue weighted by atomic mass is 9.80. The van der Waals surface area contributed by atoms with Crippen molar-refractivity contribution in [3.05, 3.63) is 29.3 Å². The van der Waals surface area contributed by atoms with Gasteiger partial charge in [0.25, 0.3) is 0 Å². The summed E-state index contributed by atoms with van der Waals surface area (Å²) in [6.07, 6.45) is 6.55. The van der Waals surface area contributed by atoms with E-state index in [2.05, 4.69) is 30.4 Å². The number of hydrogen-bond acceptors (Lipinski definition) is 2. The number of rotatable bonds is 5. The molecule has 0 heterocycles. The zero-order chi connectivity index (χ0) is 13.3. The summed E-state index contributed by atoms with van der Waals surface area (Å²) in [5, 5.41) is 3.59. The molecule has 0 bridgehead atoms. The summed E-state index contributed by atoms with van der Waals surface area (Å²) in [6.45, 7) is 4.61.